The number of carbonyl (C=O) groups excluding carboxylic acids is 1. The summed E-state index contributed by atoms with van der Waals surface area (Å²) in [6.45, 7) is 2.52. The standard InChI is InChI=1S/C20H23F2N5O3S/c21-16-2-3-17(22)18(14-16)31(29,30)27-8-4-15(5-9-27)19(28)25-10-12-26(13-11-25)20-23-6-1-7-24-20/h1-3,6-7,14-15H,4-5,8-13H2. The fourth-order valence-corrected chi connectivity index (χ4v) is 5.54. The number of hydrogen-bond donors (Lipinski definition) is 0. The van der Waals surface area contributed by atoms with Gasteiger partial charge >= 0.3 is 0 Å². The summed E-state index contributed by atoms with van der Waals surface area (Å²) in [5, 5.41) is 0. The first-order chi connectivity index (χ1) is 14.9. The average Bonchev–Trinajstić information content (AvgIpc) is 2.81. The molecule has 0 saturated carbocycles. The van der Waals surface area contributed by atoms with Gasteiger partial charge in [-0.3, -0.25) is 4.79 Å². The second-order valence-corrected chi connectivity index (χ2v) is 9.52. The van der Waals surface area contributed by atoms with Gasteiger partial charge in [0.1, 0.15) is 16.5 Å². The van der Waals surface area contributed by atoms with Crippen molar-refractivity contribution in [1.82, 2.24) is 19.2 Å². The van der Waals surface area contributed by atoms with Crippen LogP contribution in [0.15, 0.2) is 41.6 Å². The number of sulfonamides is 1. The lowest BCUT2D eigenvalue weighted by Crippen LogP contribution is -2.52. The number of piperazine rings is 1. The molecule has 0 bridgehead atoms. The summed E-state index contributed by atoms with van der Waals surface area (Å²) in [6, 6.07) is 4.12. The van der Waals surface area contributed by atoms with E-state index < -0.39 is 26.6 Å². The zero-order valence-corrected chi connectivity index (χ0v) is 17.6. The Morgan fingerprint density at radius 1 is 0.968 bits per heavy atom. The van der Waals surface area contributed by atoms with Crippen molar-refractivity contribution in [3.8, 4) is 0 Å². The van der Waals surface area contributed by atoms with Gasteiger partial charge in [0.25, 0.3) is 0 Å². The van der Waals surface area contributed by atoms with Gasteiger partial charge in [0.05, 0.1) is 0 Å². The maximum Gasteiger partial charge on any atom is 0.246 e. The summed E-state index contributed by atoms with van der Waals surface area (Å²) in [4.78, 5) is 24.5. The van der Waals surface area contributed by atoms with Crippen molar-refractivity contribution in [2.45, 2.75) is 17.7 Å². The lowest BCUT2D eigenvalue weighted by molar-refractivity contribution is -0.137. The molecule has 31 heavy (non-hydrogen) atoms. The molecular formula is C20H23F2N5O3S. The summed E-state index contributed by atoms with van der Waals surface area (Å²) in [5.74, 6) is -1.45. The summed E-state index contributed by atoms with van der Waals surface area (Å²) >= 11 is 0. The number of amides is 1. The molecule has 0 radical (unpaired) electrons. The van der Waals surface area contributed by atoms with E-state index in [0.717, 1.165) is 16.4 Å². The molecule has 0 spiro atoms. The lowest BCUT2D eigenvalue weighted by Gasteiger charge is -2.38. The highest BCUT2D eigenvalue weighted by Crippen LogP contribution is 2.27. The third kappa shape index (κ3) is 4.52. The zero-order chi connectivity index (χ0) is 22.0. The number of carbonyl (C=O) groups is 1. The van der Waals surface area contributed by atoms with Crippen molar-refractivity contribution in [3.63, 3.8) is 0 Å². The van der Waals surface area contributed by atoms with E-state index in [1.165, 1.54) is 0 Å². The van der Waals surface area contributed by atoms with Crippen LogP contribution in [0, 0.1) is 17.6 Å². The fraction of sp³-hybridized carbons (Fsp3) is 0.450. The van der Waals surface area contributed by atoms with Crippen molar-refractivity contribution in [1.29, 1.82) is 0 Å². The van der Waals surface area contributed by atoms with Gasteiger partial charge in [-0.05, 0) is 37.1 Å². The van der Waals surface area contributed by atoms with E-state index >= 15 is 0 Å². The first-order valence-electron chi connectivity index (χ1n) is 10.1. The predicted molar refractivity (Wildman–Crippen MR) is 109 cm³/mol. The summed E-state index contributed by atoms with van der Waals surface area (Å²) in [6.07, 6.45) is 4.04. The van der Waals surface area contributed by atoms with Gasteiger partial charge in [0.2, 0.25) is 21.9 Å². The minimum atomic E-state index is -4.15. The number of halogens is 2. The van der Waals surface area contributed by atoms with Gasteiger partial charge in [-0.1, -0.05) is 0 Å². The topological polar surface area (TPSA) is 86.7 Å². The number of rotatable bonds is 4. The van der Waals surface area contributed by atoms with Gasteiger partial charge in [-0.2, -0.15) is 4.31 Å². The molecule has 3 heterocycles. The van der Waals surface area contributed by atoms with Crippen LogP contribution in [0.3, 0.4) is 0 Å². The van der Waals surface area contributed by atoms with Gasteiger partial charge in [-0.25, -0.2) is 27.2 Å². The van der Waals surface area contributed by atoms with E-state index in [1.54, 1.807) is 23.4 Å². The van der Waals surface area contributed by atoms with E-state index in [9.17, 15) is 22.0 Å². The third-order valence-electron chi connectivity index (χ3n) is 5.74. The normalized spacial score (nSPS) is 18.9. The molecule has 11 heteroatoms. The van der Waals surface area contributed by atoms with Crippen molar-refractivity contribution in [2.75, 3.05) is 44.2 Å². The van der Waals surface area contributed by atoms with E-state index in [1.807, 2.05) is 4.90 Å². The Morgan fingerprint density at radius 2 is 1.61 bits per heavy atom. The van der Waals surface area contributed by atoms with Crippen LogP contribution in [-0.4, -0.2) is 72.8 Å². The van der Waals surface area contributed by atoms with Crippen LogP contribution in [0.4, 0.5) is 14.7 Å². The second-order valence-electron chi connectivity index (χ2n) is 7.61. The highest BCUT2D eigenvalue weighted by molar-refractivity contribution is 7.89. The van der Waals surface area contributed by atoms with Gasteiger partial charge in [-0.15, -0.1) is 0 Å². The smallest absolute Gasteiger partial charge is 0.246 e. The Bertz CT molecular complexity index is 1040. The zero-order valence-electron chi connectivity index (χ0n) is 16.8. The van der Waals surface area contributed by atoms with Crippen LogP contribution in [0.2, 0.25) is 0 Å². The summed E-state index contributed by atoms with van der Waals surface area (Å²) in [5.41, 5.74) is 0. The number of aromatic nitrogens is 2. The third-order valence-corrected chi connectivity index (χ3v) is 7.65. The van der Waals surface area contributed by atoms with Crippen molar-refractivity contribution in [2.24, 2.45) is 5.92 Å². The molecule has 2 aromatic rings. The van der Waals surface area contributed by atoms with Gasteiger partial charge in [0, 0.05) is 57.6 Å². The number of nitrogens with zero attached hydrogens (tertiary/aromatic N) is 5. The molecule has 2 aliphatic heterocycles. The van der Waals surface area contributed by atoms with Crippen LogP contribution < -0.4 is 4.90 Å². The number of hydrogen-bond acceptors (Lipinski definition) is 6. The van der Waals surface area contributed by atoms with E-state index in [0.29, 0.717) is 51.0 Å². The van der Waals surface area contributed by atoms with Gasteiger partial charge in [0.15, 0.2) is 0 Å². The monoisotopic (exact) mass is 451 g/mol. The lowest BCUT2D eigenvalue weighted by atomic mass is 9.96. The van der Waals surface area contributed by atoms with Crippen LogP contribution in [0.5, 0.6) is 0 Å². The molecule has 1 amide bonds. The highest BCUT2D eigenvalue weighted by atomic mass is 32.2. The molecule has 4 rings (SSSR count). The minimum absolute atomic E-state index is 0.00242. The fourth-order valence-electron chi connectivity index (χ4n) is 4.00. The molecule has 0 N–H and O–H groups in total. The Balaban J connectivity index is 1.34. The molecule has 1 aromatic carbocycles. The second kappa shape index (κ2) is 8.83. The maximum absolute atomic E-state index is 14.0. The van der Waals surface area contributed by atoms with Crippen LogP contribution in [0.1, 0.15) is 12.8 Å². The molecule has 0 aliphatic carbocycles. The minimum Gasteiger partial charge on any atom is -0.339 e. The maximum atomic E-state index is 14.0. The first kappa shape index (κ1) is 21.6. The first-order valence-corrected chi connectivity index (χ1v) is 11.6. The van der Waals surface area contributed by atoms with Gasteiger partial charge < -0.3 is 9.80 Å². The van der Waals surface area contributed by atoms with E-state index in [-0.39, 0.29) is 24.9 Å². The molecule has 0 unspecified atom stereocenters. The Labute approximate surface area is 179 Å². The molecule has 1 aromatic heterocycles. The number of benzene rings is 1. The van der Waals surface area contributed by atoms with E-state index in [2.05, 4.69) is 9.97 Å². The molecule has 2 saturated heterocycles. The number of piperidine rings is 1. The molecule has 2 fully saturated rings. The summed E-state index contributed by atoms with van der Waals surface area (Å²) in [7, 11) is -4.15. The quantitative estimate of drug-likeness (QED) is 0.700. The van der Waals surface area contributed by atoms with Crippen molar-refractivity contribution < 1.29 is 22.0 Å². The largest absolute Gasteiger partial charge is 0.339 e. The van der Waals surface area contributed by atoms with Crippen molar-refractivity contribution in [3.05, 3.63) is 48.3 Å². The number of anilines is 1. The van der Waals surface area contributed by atoms with Crippen molar-refractivity contribution >= 4 is 21.9 Å². The average molecular weight is 451 g/mol. The molecule has 0 atom stereocenters. The Morgan fingerprint density at radius 3 is 2.26 bits per heavy atom. The molecule has 166 valence electrons. The summed E-state index contributed by atoms with van der Waals surface area (Å²) < 4.78 is 54.0. The van der Waals surface area contributed by atoms with Crippen LogP contribution in [0.25, 0.3) is 0 Å². The van der Waals surface area contributed by atoms with Crippen LogP contribution in [-0.2, 0) is 14.8 Å². The molecule has 8 nitrogen and oxygen atoms in total. The van der Waals surface area contributed by atoms with Crippen LogP contribution >= 0.6 is 0 Å². The molecule has 2 aliphatic rings. The highest BCUT2D eigenvalue weighted by Gasteiger charge is 2.36. The molecular weight excluding hydrogens is 428 g/mol. The SMILES string of the molecule is O=C(C1CCN(S(=O)(=O)c2cc(F)ccc2F)CC1)N1CCN(c2ncccn2)CC1. The van der Waals surface area contributed by atoms with E-state index in [4.69, 9.17) is 0 Å². The Hall–Kier alpha value is -2.66. The Kier molecular flexibility index (Phi) is 6.15. The predicted octanol–water partition coefficient (Wildman–Crippen LogP) is 1.50.